The van der Waals surface area contributed by atoms with E-state index in [9.17, 15) is 9.90 Å². The maximum absolute atomic E-state index is 11.6. The van der Waals surface area contributed by atoms with Gasteiger partial charge in [0.25, 0.3) is 0 Å². The van der Waals surface area contributed by atoms with Crippen LogP contribution in [0.1, 0.15) is 37.7 Å². The first kappa shape index (κ1) is 11.0. The minimum absolute atomic E-state index is 0.0947. The van der Waals surface area contributed by atoms with Crippen LogP contribution in [0, 0.1) is 0 Å². The van der Waals surface area contributed by atoms with Crippen molar-refractivity contribution in [3.05, 3.63) is 33.9 Å². The van der Waals surface area contributed by atoms with Crippen LogP contribution in [0.25, 0.3) is 6.08 Å². The molecule has 4 nitrogen and oxygen atoms in total. The Morgan fingerprint density at radius 1 is 1.56 bits per heavy atom. The van der Waals surface area contributed by atoms with Gasteiger partial charge in [-0.2, -0.15) is 0 Å². The highest BCUT2D eigenvalue weighted by Gasteiger charge is 2.28. The van der Waals surface area contributed by atoms with Crippen molar-refractivity contribution < 1.29 is 14.3 Å². The smallest absolute Gasteiger partial charge is 0.345 e. The van der Waals surface area contributed by atoms with Crippen LogP contribution < -0.4 is 10.4 Å². The van der Waals surface area contributed by atoms with Gasteiger partial charge in [0.2, 0.25) is 0 Å². The van der Waals surface area contributed by atoms with Crippen LogP contribution >= 0.6 is 0 Å². The Morgan fingerprint density at radius 2 is 2.31 bits per heavy atom. The van der Waals surface area contributed by atoms with Gasteiger partial charge in [-0.25, -0.2) is 4.79 Å². The summed E-state index contributed by atoms with van der Waals surface area (Å²) >= 11 is 0. The molecule has 1 N–H and O–H groups in total. The first-order valence-corrected chi connectivity index (χ1v) is 5.27. The highest BCUT2D eigenvalue weighted by molar-refractivity contribution is 5.47. The van der Waals surface area contributed by atoms with Crippen LogP contribution in [-0.4, -0.2) is 11.2 Å². The number of ether oxygens (including phenoxy) is 1. The fourth-order valence-corrected chi connectivity index (χ4v) is 1.84. The predicted octanol–water partition coefficient (Wildman–Crippen LogP) is 1.88. The van der Waals surface area contributed by atoms with Crippen molar-refractivity contribution in [2.45, 2.75) is 32.5 Å². The molecular weight excluding hydrogens is 208 g/mol. The predicted molar refractivity (Wildman–Crippen MR) is 59.4 cm³/mol. The third kappa shape index (κ3) is 1.88. The summed E-state index contributed by atoms with van der Waals surface area (Å²) < 4.78 is 10.6. The van der Waals surface area contributed by atoms with Crippen molar-refractivity contribution in [3.8, 4) is 5.75 Å². The lowest BCUT2D eigenvalue weighted by atomic mass is 10.0. The van der Waals surface area contributed by atoms with E-state index in [2.05, 4.69) is 0 Å². The number of fused-ring (bicyclic) bond motifs is 1. The molecule has 4 heteroatoms. The van der Waals surface area contributed by atoms with Crippen LogP contribution in [0.5, 0.6) is 5.75 Å². The number of aliphatic hydroxyl groups excluding tert-OH is 1. The number of rotatable bonds is 1. The number of hydrogen-bond acceptors (Lipinski definition) is 4. The van der Waals surface area contributed by atoms with Crippen molar-refractivity contribution in [1.82, 2.24) is 0 Å². The van der Waals surface area contributed by atoms with E-state index in [1.54, 1.807) is 18.2 Å². The molecule has 2 rings (SSSR count). The van der Waals surface area contributed by atoms with Crippen molar-refractivity contribution in [3.63, 3.8) is 0 Å². The van der Waals surface area contributed by atoms with Gasteiger partial charge >= 0.3 is 5.63 Å². The van der Waals surface area contributed by atoms with E-state index < -0.39 is 11.7 Å². The minimum atomic E-state index is -0.797. The Kier molecular flexibility index (Phi) is 2.83. The molecule has 86 valence electrons. The van der Waals surface area contributed by atoms with Crippen molar-refractivity contribution in [2.24, 2.45) is 0 Å². The zero-order valence-electron chi connectivity index (χ0n) is 9.27. The molecule has 0 spiro atoms. The van der Waals surface area contributed by atoms with Gasteiger partial charge in [-0.3, -0.25) is 0 Å². The second kappa shape index (κ2) is 4.14. The molecule has 0 amide bonds. The van der Waals surface area contributed by atoms with E-state index in [0.29, 0.717) is 17.9 Å². The highest BCUT2D eigenvalue weighted by atomic mass is 16.5. The molecular formula is C12H14O4. The molecule has 0 aliphatic carbocycles. The summed E-state index contributed by atoms with van der Waals surface area (Å²) in [4.78, 5) is 11.6. The average molecular weight is 222 g/mol. The summed E-state index contributed by atoms with van der Waals surface area (Å²) in [7, 11) is 0. The van der Waals surface area contributed by atoms with Crippen LogP contribution in [-0.2, 0) is 0 Å². The third-order valence-electron chi connectivity index (χ3n) is 2.52. The summed E-state index contributed by atoms with van der Waals surface area (Å²) in [5.74, 6) is 0.864. The zero-order valence-corrected chi connectivity index (χ0v) is 9.27. The quantitative estimate of drug-likeness (QED) is 0.788. The molecule has 1 aromatic rings. The Morgan fingerprint density at radius 3 is 3.00 bits per heavy atom. The molecule has 1 aromatic heterocycles. The maximum Gasteiger partial charge on any atom is 0.345 e. The summed E-state index contributed by atoms with van der Waals surface area (Å²) in [6, 6.07) is 1.63. The maximum atomic E-state index is 11.6. The van der Waals surface area contributed by atoms with Gasteiger partial charge in [0.15, 0.2) is 0 Å². The Balaban J connectivity index is 2.54. The molecule has 2 atom stereocenters. The lowest BCUT2D eigenvalue weighted by Crippen LogP contribution is -2.27. The first-order valence-electron chi connectivity index (χ1n) is 5.27. The Hall–Kier alpha value is -1.55. The normalized spacial score (nSPS) is 24.2. The van der Waals surface area contributed by atoms with Gasteiger partial charge in [0, 0.05) is 12.5 Å². The van der Waals surface area contributed by atoms with Gasteiger partial charge in [0.05, 0.1) is 12.2 Å². The summed E-state index contributed by atoms with van der Waals surface area (Å²) in [5.41, 5.74) is -0.295. The molecule has 0 radical (unpaired) electrons. The van der Waals surface area contributed by atoms with E-state index in [-0.39, 0.29) is 11.7 Å². The van der Waals surface area contributed by atoms with Crippen LogP contribution in [0.4, 0.5) is 0 Å². The van der Waals surface area contributed by atoms with Crippen molar-refractivity contribution in [1.29, 1.82) is 0 Å². The van der Waals surface area contributed by atoms with Gasteiger partial charge in [0.1, 0.15) is 17.1 Å². The van der Waals surface area contributed by atoms with Gasteiger partial charge in [-0.05, 0) is 19.9 Å². The first-order chi connectivity index (χ1) is 7.61. The average Bonchev–Trinajstić information content (AvgIpc) is 2.15. The Bertz CT molecular complexity index is 472. The van der Waals surface area contributed by atoms with E-state index in [0.717, 1.165) is 0 Å². The van der Waals surface area contributed by atoms with E-state index in [1.807, 2.05) is 13.8 Å². The SMILES string of the molecule is C/C=C/c1cc2c(c(=O)o1)[C@@H](O)C[C@H](C)O2. The fraction of sp³-hybridized carbons (Fsp3) is 0.417. The molecule has 1 aliphatic heterocycles. The van der Waals surface area contributed by atoms with Gasteiger partial charge in [-0.1, -0.05) is 6.08 Å². The number of aliphatic hydroxyl groups is 1. The topological polar surface area (TPSA) is 59.7 Å². The zero-order chi connectivity index (χ0) is 11.7. The molecule has 2 heterocycles. The lowest BCUT2D eigenvalue weighted by Gasteiger charge is -2.26. The van der Waals surface area contributed by atoms with Crippen molar-refractivity contribution >= 4 is 6.08 Å². The van der Waals surface area contributed by atoms with E-state index in [1.165, 1.54) is 0 Å². The van der Waals surface area contributed by atoms with Gasteiger partial charge < -0.3 is 14.3 Å². The second-order valence-corrected chi connectivity index (χ2v) is 3.89. The summed E-state index contributed by atoms with van der Waals surface area (Å²) in [6.07, 6.45) is 2.97. The fourth-order valence-electron chi connectivity index (χ4n) is 1.84. The minimum Gasteiger partial charge on any atom is -0.490 e. The standard InChI is InChI=1S/C12H14O4/c1-3-4-8-6-10-11(12(14)16-8)9(13)5-7(2)15-10/h3-4,6-7,9,13H,5H2,1-2H3/b4-3+/t7-,9-/m0/s1. The van der Waals surface area contributed by atoms with Crippen LogP contribution in [0.3, 0.4) is 0 Å². The number of allylic oxidation sites excluding steroid dienone is 1. The molecule has 0 bridgehead atoms. The molecule has 0 unspecified atom stereocenters. The summed E-state index contributed by atoms with van der Waals surface area (Å²) in [5, 5.41) is 9.78. The molecule has 1 aliphatic rings. The monoisotopic (exact) mass is 222 g/mol. The molecule has 0 fully saturated rings. The Labute approximate surface area is 93.2 Å². The summed E-state index contributed by atoms with van der Waals surface area (Å²) in [6.45, 7) is 3.69. The molecule has 0 saturated heterocycles. The second-order valence-electron chi connectivity index (χ2n) is 3.89. The van der Waals surface area contributed by atoms with Crippen LogP contribution in [0.15, 0.2) is 21.4 Å². The highest BCUT2D eigenvalue weighted by Crippen LogP contribution is 2.32. The van der Waals surface area contributed by atoms with E-state index in [4.69, 9.17) is 9.15 Å². The van der Waals surface area contributed by atoms with Gasteiger partial charge in [-0.15, -0.1) is 0 Å². The molecule has 0 saturated carbocycles. The largest absolute Gasteiger partial charge is 0.490 e. The van der Waals surface area contributed by atoms with Crippen molar-refractivity contribution in [2.75, 3.05) is 0 Å². The molecule has 0 aromatic carbocycles. The molecule has 16 heavy (non-hydrogen) atoms. The third-order valence-corrected chi connectivity index (χ3v) is 2.52. The number of hydrogen-bond donors (Lipinski definition) is 1. The van der Waals surface area contributed by atoms with Crippen LogP contribution in [0.2, 0.25) is 0 Å². The van der Waals surface area contributed by atoms with E-state index >= 15 is 0 Å². The lowest BCUT2D eigenvalue weighted by molar-refractivity contribution is 0.0704.